The van der Waals surface area contributed by atoms with Crippen molar-refractivity contribution in [3.8, 4) is 0 Å². The summed E-state index contributed by atoms with van der Waals surface area (Å²) in [5.41, 5.74) is 0.843. The molecule has 1 amide bonds. The lowest BCUT2D eigenvalue weighted by Crippen LogP contribution is -2.31. The summed E-state index contributed by atoms with van der Waals surface area (Å²) in [4.78, 5) is 15.1. The Bertz CT molecular complexity index is 426. The van der Waals surface area contributed by atoms with Crippen LogP contribution < -0.4 is 5.32 Å². The van der Waals surface area contributed by atoms with Gasteiger partial charge in [0.25, 0.3) is 5.91 Å². The fraction of sp³-hybridized carbons (Fsp3) is 0.727. The number of halogens is 1. The highest BCUT2D eigenvalue weighted by Gasteiger charge is 2.39. The van der Waals surface area contributed by atoms with Crippen molar-refractivity contribution < 1.29 is 4.79 Å². The van der Waals surface area contributed by atoms with Crippen LogP contribution in [0, 0.1) is 11.8 Å². The number of nitrogens with one attached hydrogen (secondary N) is 1. The summed E-state index contributed by atoms with van der Waals surface area (Å²) in [6.07, 6.45) is 0.778. The number of fused-ring (bicyclic) bond motifs is 1. The van der Waals surface area contributed by atoms with E-state index in [0.717, 1.165) is 43.2 Å². The fourth-order valence-electron chi connectivity index (χ4n) is 2.77. The highest BCUT2D eigenvalue weighted by molar-refractivity contribution is 7.08. The molecule has 18 heavy (non-hydrogen) atoms. The molecule has 0 bridgehead atoms. The van der Waals surface area contributed by atoms with Crippen LogP contribution in [0.25, 0.3) is 0 Å². The molecule has 2 aliphatic heterocycles. The van der Waals surface area contributed by atoms with Crippen LogP contribution >= 0.6 is 23.9 Å². The Morgan fingerprint density at radius 1 is 1.44 bits per heavy atom. The molecule has 1 aromatic heterocycles. The maximum absolute atomic E-state index is 12.4. The Hall–Kier alpha value is -0.720. The summed E-state index contributed by atoms with van der Waals surface area (Å²) in [5.74, 6) is 1.42. The van der Waals surface area contributed by atoms with Crippen LogP contribution in [0.1, 0.15) is 22.3 Å². The number of hydrogen-bond donors (Lipinski definition) is 1. The van der Waals surface area contributed by atoms with Crippen LogP contribution in [0.4, 0.5) is 0 Å². The third kappa shape index (κ3) is 2.24. The number of likely N-dealkylation sites (tertiary alicyclic amines) is 1. The number of carbonyl (C=O) groups excluding carboxylic acids is 1. The molecule has 3 heterocycles. The standard InChI is InChI=1S/C11H16N4OS.ClH/c1-2-9-10(17-14-13-9)11(16)15-5-7-3-12-4-8(7)6-15;/h7-8,12H,2-6H2,1H3;1H/t7-,8+;. The third-order valence-corrected chi connectivity index (χ3v) is 4.52. The van der Waals surface area contributed by atoms with Gasteiger partial charge in [0.2, 0.25) is 0 Å². The van der Waals surface area contributed by atoms with Crippen molar-refractivity contribution in [2.75, 3.05) is 26.2 Å². The minimum atomic E-state index is 0. The number of aromatic nitrogens is 2. The van der Waals surface area contributed by atoms with E-state index in [9.17, 15) is 4.79 Å². The highest BCUT2D eigenvalue weighted by atomic mass is 35.5. The molecule has 3 rings (SSSR count). The second kappa shape index (κ2) is 5.50. The van der Waals surface area contributed by atoms with E-state index in [1.807, 2.05) is 11.8 Å². The number of amides is 1. The smallest absolute Gasteiger partial charge is 0.267 e. The SMILES string of the molecule is CCc1nnsc1C(=O)N1C[C@H]2CNC[C@H]2C1.Cl. The van der Waals surface area contributed by atoms with Crippen molar-refractivity contribution in [3.63, 3.8) is 0 Å². The first kappa shape index (κ1) is 13.7. The number of hydrogen-bond acceptors (Lipinski definition) is 5. The van der Waals surface area contributed by atoms with Crippen LogP contribution in [-0.2, 0) is 6.42 Å². The predicted molar refractivity (Wildman–Crippen MR) is 72.3 cm³/mol. The Labute approximate surface area is 117 Å². The van der Waals surface area contributed by atoms with E-state index >= 15 is 0 Å². The van der Waals surface area contributed by atoms with Crippen molar-refractivity contribution in [2.24, 2.45) is 11.8 Å². The average molecular weight is 289 g/mol. The van der Waals surface area contributed by atoms with Gasteiger partial charge in [-0.25, -0.2) is 0 Å². The molecule has 2 fully saturated rings. The second-order valence-corrected chi connectivity index (χ2v) is 5.54. The van der Waals surface area contributed by atoms with Crippen LogP contribution in [-0.4, -0.2) is 46.6 Å². The number of aryl methyl sites for hydroxylation is 1. The molecule has 1 N–H and O–H groups in total. The molecular weight excluding hydrogens is 272 g/mol. The Morgan fingerprint density at radius 2 is 2.11 bits per heavy atom. The van der Waals surface area contributed by atoms with Crippen molar-refractivity contribution in [2.45, 2.75) is 13.3 Å². The number of rotatable bonds is 2. The Morgan fingerprint density at radius 3 is 2.72 bits per heavy atom. The Balaban J connectivity index is 0.00000120. The first-order valence-electron chi connectivity index (χ1n) is 6.10. The van der Waals surface area contributed by atoms with Gasteiger partial charge in [0.05, 0.1) is 5.69 Å². The second-order valence-electron chi connectivity index (χ2n) is 4.79. The number of carbonyl (C=O) groups is 1. The van der Waals surface area contributed by atoms with Gasteiger partial charge in [-0.15, -0.1) is 17.5 Å². The van der Waals surface area contributed by atoms with Crippen molar-refractivity contribution >= 4 is 29.8 Å². The summed E-state index contributed by atoms with van der Waals surface area (Å²) in [7, 11) is 0. The van der Waals surface area contributed by atoms with Crippen molar-refractivity contribution in [1.29, 1.82) is 0 Å². The topological polar surface area (TPSA) is 58.1 Å². The average Bonchev–Trinajstić information content (AvgIpc) is 3.02. The van der Waals surface area contributed by atoms with E-state index < -0.39 is 0 Å². The molecule has 7 heteroatoms. The highest BCUT2D eigenvalue weighted by Crippen LogP contribution is 2.28. The van der Waals surface area contributed by atoms with Crippen molar-refractivity contribution in [1.82, 2.24) is 19.8 Å². The molecule has 0 spiro atoms. The molecule has 2 saturated heterocycles. The van der Waals surface area contributed by atoms with Crippen LogP contribution in [0.15, 0.2) is 0 Å². The summed E-state index contributed by atoms with van der Waals surface area (Å²) >= 11 is 1.23. The number of nitrogens with zero attached hydrogens (tertiary/aromatic N) is 3. The van der Waals surface area contributed by atoms with Crippen LogP contribution in [0.2, 0.25) is 0 Å². The quantitative estimate of drug-likeness (QED) is 0.875. The van der Waals surface area contributed by atoms with E-state index in [2.05, 4.69) is 14.9 Å². The third-order valence-electron chi connectivity index (χ3n) is 3.76. The molecule has 5 nitrogen and oxygen atoms in total. The monoisotopic (exact) mass is 288 g/mol. The first-order valence-corrected chi connectivity index (χ1v) is 6.88. The zero-order chi connectivity index (χ0) is 11.8. The van der Waals surface area contributed by atoms with Gasteiger partial charge < -0.3 is 10.2 Å². The van der Waals surface area contributed by atoms with E-state index in [0.29, 0.717) is 11.8 Å². The van der Waals surface area contributed by atoms with E-state index in [1.54, 1.807) is 0 Å². The van der Waals surface area contributed by atoms with Gasteiger partial charge in [0.1, 0.15) is 4.88 Å². The summed E-state index contributed by atoms with van der Waals surface area (Å²) < 4.78 is 3.89. The summed E-state index contributed by atoms with van der Waals surface area (Å²) in [6.45, 7) is 5.89. The van der Waals surface area contributed by atoms with E-state index in [1.165, 1.54) is 11.5 Å². The largest absolute Gasteiger partial charge is 0.337 e. The normalized spacial score (nSPS) is 25.9. The Kier molecular flexibility index (Phi) is 4.19. The molecule has 2 aliphatic rings. The molecule has 0 saturated carbocycles. The molecule has 0 aromatic carbocycles. The lowest BCUT2D eigenvalue weighted by atomic mass is 10.0. The zero-order valence-electron chi connectivity index (χ0n) is 10.3. The molecule has 2 atom stereocenters. The van der Waals surface area contributed by atoms with Gasteiger partial charge in [-0.3, -0.25) is 4.79 Å². The van der Waals surface area contributed by atoms with Crippen molar-refractivity contribution in [3.05, 3.63) is 10.6 Å². The van der Waals surface area contributed by atoms with Gasteiger partial charge in [-0.2, -0.15) is 0 Å². The van der Waals surface area contributed by atoms with Gasteiger partial charge in [-0.1, -0.05) is 11.4 Å². The van der Waals surface area contributed by atoms with E-state index in [4.69, 9.17) is 0 Å². The van der Waals surface area contributed by atoms with Gasteiger partial charge in [0.15, 0.2) is 0 Å². The zero-order valence-corrected chi connectivity index (χ0v) is 11.9. The fourth-order valence-corrected chi connectivity index (χ4v) is 3.49. The lowest BCUT2D eigenvalue weighted by molar-refractivity contribution is 0.0785. The minimum absolute atomic E-state index is 0. The van der Waals surface area contributed by atoms with Gasteiger partial charge in [0, 0.05) is 26.2 Å². The van der Waals surface area contributed by atoms with Gasteiger partial charge >= 0.3 is 0 Å². The maximum Gasteiger partial charge on any atom is 0.267 e. The van der Waals surface area contributed by atoms with Crippen LogP contribution in [0.5, 0.6) is 0 Å². The molecule has 0 aliphatic carbocycles. The molecule has 0 unspecified atom stereocenters. The minimum Gasteiger partial charge on any atom is -0.337 e. The summed E-state index contributed by atoms with van der Waals surface area (Å²) in [5, 5.41) is 7.39. The lowest BCUT2D eigenvalue weighted by Gasteiger charge is -2.16. The molecule has 1 aromatic rings. The molecule has 0 radical (unpaired) electrons. The van der Waals surface area contributed by atoms with Gasteiger partial charge in [-0.05, 0) is 29.8 Å². The molecular formula is C11H17ClN4OS. The van der Waals surface area contributed by atoms with E-state index in [-0.39, 0.29) is 18.3 Å². The molecule has 100 valence electrons. The van der Waals surface area contributed by atoms with Crippen LogP contribution in [0.3, 0.4) is 0 Å². The summed E-state index contributed by atoms with van der Waals surface area (Å²) in [6, 6.07) is 0. The predicted octanol–water partition coefficient (Wildman–Crippen LogP) is 0.814. The first-order chi connectivity index (χ1) is 8.29. The maximum atomic E-state index is 12.4.